The Kier molecular flexibility index (Phi) is 5.56. The lowest BCUT2D eigenvalue weighted by Gasteiger charge is -2.17. The zero-order chi connectivity index (χ0) is 20.1. The minimum atomic E-state index is -0.257. The number of methoxy groups -OCH3 is 1. The van der Waals surface area contributed by atoms with Crippen LogP contribution in [0.15, 0.2) is 78.9 Å². The van der Waals surface area contributed by atoms with Gasteiger partial charge in [-0.15, -0.1) is 0 Å². The molecule has 0 aliphatic carbocycles. The van der Waals surface area contributed by atoms with Gasteiger partial charge in [0.1, 0.15) is 11.6 Å². The van der Waals surface area contributed by atoms with Crippen molar-refractivity contribution in [2.45, 2.75) is 18.9 Å². The summed E-state index contributed by atoms with van der Waals surface area (Å²) >= 11 is 0. The van der Waals surface area contributed by atoms with Crippen molar-refractivity contribution in [2.75, 3.05) is 7.11 Å². The summed E-state index contributed by atoms with van der Waals surface area (Å²) in [5.41, 5.74) is 3.84. The Morgan fingerprint density at radius 1 is 1.00 bits per heavy atom. The maximum atomic E-state index is 12.9. The molecule has 5 heteroatoms. The van der Waals surface area contributed by atoms with Crippen molar-refractivity contribution in [3.05, 3.63) is 95.8 Å². The van der Waals surface area contributed by atoms with Crippen LogP contribution in [-0.4, -0.2) is 23.0 Å². The molecule has 0 saturated carbocycles. The predicted octanol–water partition coefficient (Wildman–Crippen LogP) is 4.21. The van der Waals surface area contributed by atoms with Gasteiger partial charge in [-0.25, -0.2) is 4.98 Å². The number of hydrogen-bond acceptors (Lipinski definition) is 3. The van der Waals surface area contributed by atoms with Gasteiger partial charge < -0.3 is 15.0 Å². The minimum Gasteiger partial charge on any atom is -0.496 e. The number of fused-ring (bicyclic) bond motifs is 1. The Labute approximate surface area is 169 Å². The molecule has 5 nitrogen and oxygen atoms in total. The van der Waals surface area contributed by atoms with E-state index in [1.165, 1.54) is 0 Å². The average Bonchev–Trinajstić information content (AvgIpc) is 3.19. The van der Waals surface area contributed by atoms with Crippen molar-refractivity contribution in [3.8, 4) is 5.75 Å². The second kappa shape index (κ2) is 8.61. The van der Waals surface area contributed by atoms with E-state index >= 15 is 0 Å². The third-order valence-electron chi connectivity index (χ3n) is 4.90. The average molecular weight is 385 g/mol. The van der Waals surface area contributed by atoms with E-state index in [0.29, 0.717) is 12.2 Å². The van der Waals surface area contributed by atoms with Crippen molar-refractivity contribution in [1.29, 1.82) is 0 Å². The van der Waals surface area contributed by atoms with Gasteiger partial charge in [0.25, 0.3) is 0 Å². The first-order valence-electron chi connectivity index (χ1n) is 9.63. The first-order chi connectivity index (χ1) is 14.2. The van der Waals surface area contributed by atoms with E-state index in [0.717, 1.165) is 28.0 Å². The van der Waals surface area contributed by atoms with E-state index in [4.69, 9.17) is 9.72 Å². The lowest BCUT2D eigenvalue weighted by molar-refractivity contribution is -0.121. The fourth-order valence-corrected chi connectivity index (χ4v) is 3.47. The molecule has 4 rings (SSSR count). The minimum absolute atomic E-state index is 0.0733. The van der Waals surface area contributed by atoms with Crippen LogP contribution in [0.5, 0.6) is 5.75 Å². The van der Waals surface area contributed by atoms with Crippen LogP contribution in [-0.2, 0) is 17.6 Å². The van der Waals surface area contributed by atoms with Crippen LogP contribution >= 0.6 is 0 Å². The summed E-state index contributed by atoms with van der Waals surface area (Å²) in [6.45, 7) is 0. The van der Waals surface area contributed by atoms with E-state index in [1.807, 2.05) is 66.7 Å². The number of nitrogens with one attached hydrogen (secondary N) is 2. The first kappa shape index (κ1) is 18.7. The number of amides is 1. The number of benzene rings is 3. The van der Waals surface area contributed by atoms with Gasteiger partial charge in [-0.05, 0) is 30.2 Å². The van der Waals surface area contributed by atoms with Crippen LogP contribution in [0, 0.1) is 0 Å². The zero-order valence-corrected chi connectivity index (χ0v) is 16.3. The van der Waals surface area contributed by atoms with Gasteiger partial charge in [-0.2, -0.15) is 0 Å². The molecule has 4 aromatic rings. The predicted molar refractivity (Wildman–Crippen MR) is 114 cm³/mol. The van der Waals surface area contributed by atoms with Gasteiger partial charge in [-0.3, -0.25) is 4.79 Å². The molecule has 29 heavy (non-hydrogen) atoms. The second-order valence-corrected chi connectivity index (χ2v) is 6.94. The highest BCUT2D eigenvalue weighted by Gasteiger charge is 2.20. The normalized spacial score (nSPS) is 11.9. The van der Waals surface area contributed by atoms with Crippen molar-refractivity contribution in [3.63, 3.8) is 0 Å². The molecule has 0 radical (unpaired) electrons. The molecule has 0 fully saturated rings. The molecular weight excluding hydrogens is 362 g/mol. The van der Waals surface area contributed by atoms with Gasteiger partial charge >= 0.3 is 0 Å². The fraction of sp³-hybridized carbons (Fsp3) is 0.167. The zero-order valence-electron chi connectivity index (χ0n) is 16.3. The molecule has 0 saturated heterocycles. The Morgan fingerprint density at radius 2 is 1.72 bits per heavy atom. The summed E-state index contributed by atoms with van der Waals surface area (Å²) in [6.07, 6.45) is 0.897. The van der Waals surface area contributed by atoms with Gasteiger partial charge in [0.15, 0.2) is 0 Å². The molecule has 146 valence electrons. The molecule has 1 amide bonds. The lowest BCUT2D eigenvalue weighted by Crippen LogP contribution is -2.32. The van der Waals surface area contributed by atoms with Crippen LogP contribution in [0.4, 0.5) is 0 Å². The summed E-state index contributed by atoms with van der Waals surface area (Å²) in [5.74, 6) is 1.39. The highest BCUT2D eigenvalue weighted by Crippen LogP contribution is 2.21. The maximum Gasteiger partial charge on any atom is 0.225 e. The van der Waals surface area contributed by atoms with Gasteiger partial charge in [0.2, 0.25) is 5.91 Å². The number of aromatic amines is 1. The van der Waals surface area contributed by atoms with Crippen molar-refractivity contribution < 1.29 is 9.53 Å². The number of aromatic nitrogens is 2. The van der Waals surface area contributed by atoms with E-state index in [-0.39, 0.29) is 18.4 Å². The number of carbonyl (C=O) groups excluding carboxylic acids is 1. The van der Waals surface area contributed by atoms with Crippen molar-refractivity contribution >= 4 is 16.9 Å². The summed E-state index contributed by atoms with van der Waals surface area (Å²) in [7, 11) is 1.61. The Morgan fingerprint density at radius 3 is 2.52 bits per heavy atom. The molecule has 2 N–H and O–H groups in total. The number of rotatable bonds is 7. The number of hydrogen-bond donors (Lipinski definition) is 2. The third kappa shape index (κ3) is 4.46. The summed E-state index contributed by atoms with van der Waals surface area (Å²) < 4.78 is 5.37. The standard InChI is InChI=1S/C24H23N3O2/c1-29-22-14-8-5-11-18(22)16-23(28)25-21(15-17-9-3-2-4-10-17)24-26-19-12-6-7-13-20(19)27-24/h2-14,21H,15-16H2,1H3,(H,25,28)(H,26,27)/t21-/m0/s1. The number of carbonyl (C=O) groups is 1. The highest BCUT2D eigenvalue weighted by atomic mass is 16.5. The van der Waals surface area contributed by atoms with Crippen LogP contribution in [0.2, 0.25) is 0 Å². The molecule has 3 aromatic carbocycles. The Hall–Kier alpha value is -3.60. The van der Waals surface area contributed by atoms with E-state index < -0.39 is 0 Å². The third-order valence-corrected chi connectivity index (χ3v) is 4.90. The number of ether oxygens (including phenoxy) is 1. The molecular formula is C24H23N3O2. The van der Waals surface area contributed by atoms with E-state index in [9.17, 15) is 4.79 Å². The largest absolute Gasteiger partial charge is 0.496 e. The van der Waals surface area contributed by atoms with Crippen LogP contribution in [0.3, 0.4) is 0 Å². The van der Waals surface area contributed by atoms with E-state index in [2.05, 4.69) is 22.4 Å². The smallest absolute Gasteiger partial charge is 0.225 e. The summed E-state index contributed by atoms with van der Waals surface area (Å²) in [4.78, 5) is 20.9. The molecule has 1 heterocycles. The highest BCUT2D eigenvalue weighted by molar-refractivity contribution is 5.80. The molecule has 0 aliphatic rings. The number of nitrogens with zero attached hydrogens (tertiary/aromatic N) is 1. The number of imidazole rings is 1. The SMILES string of the molecule is COc1ccccc1CC(=O)N[C@@H](Cc1ccccc1)c1nc2ccccc2[nH]1. The van der Waals surface area contributed by atoms with Crippen LogP contribution < -0.4 is 10.1 Å². The molecule has 0 spiro atoms. The van der Waals surface area contributed by atoms with Crippen LogP contribution in [0.25, 0.3) is 11.0 Å². The van der Waals surface area contributed by atoms with Gasteiger partial charge in [0, 0.05) is 5.56 Å². The summed E-state index contributed by atoms with van der Waals surface area (Å²) in [6, 6.07) is 25.3. The molecule has 0 aliphatic heterocycles. The molecule has 1 aromatic heterocycles. The lowest BCUT2D eigenvalue weighted by atomic mass is 10.0. The topological polar surface area (TPSA) is 67.0 Å². The van der Waals surface area contributed by atoms with Gasteiger partial charge in [-0.1, -0.05) is 60.7 Å². The van der Waals surface area contributed by atoms with E-state index in [1.54, 1.807) is 7.11 Å². The van der Waals surface area contributed by atoms with Crippen molar-refractivity contribution in [2.24, 2.45) is 0 Å². The Bertz CT molecular complexity index is 1070. The fourth-order valence-electron chi connectivity index (χ4n) is 3.47. The monoisotopic (exact) mass is 385 g/mol. The second-order valence-electron chi connectivity index (χ2n) is 6.94. The summed E-state index contributed by atoms with van der Waals surface area (Å²) in [5, 5.41) is 3.15. The number of H-pyrrole nitrogens is 1. The molecule has 0 unspecified atom stereocenters. The number of para-hydroxylation sites is 3. The van der Waals surface area contributed by atoms with Crippen molar-refractivity contribution in [1.82, 2.24) is 15.3 Å². The van der Waals surface area contributed by atoms with Crippen LogP contribution in [0.1, 0.15) is 23.0 Å². The Balaban J connectivity index is 1.58. The quantitative estimate of drug-likeness (QED) is 0.501. The molecule has 1 atom stereocenters. The molecule has 0 bridgehead atoms. The van der Waals surface area contributed by atoms with Gasteiger partial charge in [0.05, 0.1) is 30.6 Å². The first-order valence-corrected chi connectivity index (χ1v) is 9.63. The maximum absolute atomic E-state index is 12.9.